The molecule has 0 fully saturated rings. The summed E-state index contributed by atoms with van der Waals surface area (Å²) in [6, 6.07) is 15.6. The summed E-state index contributed by atoms with van der Waals surface area (Å²) in [5, 5.41) is 5.32. The molecule has 31 heavy (non-hydrogen) atoms. The third-order valence-electron chi connectivity index (χ3n) is 4.20. The number of benzene rings is 2. The molecule has 0 atom stereocenters. The van der Waals surface area contributed by atoms with Crippen LogP contribution in [0.25, 0.3) is 0 Å². The Morgan fingerprint density at radius 3 is 2.26 bits per heavy atom. The first-order chi connectivity index (χ1) is 14.7. The monoisotopic (exact) mass is 463 g/mol. The number of carbonyl (C=O) groups is 2. The number of nitrogens with one attached hydrogen (secondary N) is 2. The maximum Gasteiger partial charge on any atom is 0.306 e. The van der Waals surface area contributed by atoms with Crippen molar-refractivity contribution in [3.8, 4) is 0 Å². The number of thiocarbonyl (C=S) groups is 1. The van der Waals surface area contributed by atoms with Gasteiger partial charge in [-0.3, -0.25) is 9.59 Å². The zero-order valence-corrected chi connectivity index (χ0v) is 19.0. The van der Waals surface area contributed by atoms with Gasteiger partial charge >= 0.3 is 5.97 Å². The van der Waals surface area contributed by atoms with Crippen LogP contribution in [0, 0.1) is 0 Å². The fourth-order valence-corrected chi connectivity index (χ4v) is 3.62. The van der Waals surface area contributed by atoms with E-state index < -0.39 is 21.9 Å². The molecular formula is C21H25N3O5S2. The largest absolute Gasteiger partial charge is 0.465 e. The first-order valence-electron chi connectivity index (χ1n) is 9.51. The van der Waals surface area contributed by atoms with Gasteiger partial charge in [-0.05, 0) is 42.0 Å². The fourth-order valence-electron chi connectivity index (χ4n) is 2.49. The first kappa shape index (κ1) is 24.4. The van der Waals surface area contributed by atoms with E-state index in [0.29, 0.717) is 12.1 Å². The van der Waals surface area contributed by atoms with E-state index in [1.54, 1.807) is 12.1 Å². The lowest BCUT2D eigenvalue weighted by Crippen LogP contribution is -2.34. The zero-order valence-electron chi connectivity index (χ0n) is 17.3. The highest BCUT2D eigenvalue weighted by Gasteiger charge is 2.16. The molecule has 2 N–H and O–H groups in total. The van der Waals surface area contributed by atoms with Crippen LogP contribution in [0.2, 0.25) is 0 Å². The average molecular weight is 464 g/mol. The molecule has 0 saturated carbocycles. The van der Waals surface area contributed by atoms with Crippen LogP contribution in [0.1, 0.15) is 18.4 Å². The summed E-state index contributed by atoms with van der Waals surface area (Å²) in [6.45, 7) is 0.254. The number of carbonyl (C=O) groups excluding carboxylic acids is 2. The molecule has 0 unspecified atom stereocenters. The van der Waals surface area contributed by atoms with E-state index in [9.17, 15) is 18.0 Å². The van der Waals surface area contributed by atoms with Gasteiger partial charge in [0, 0.05) is 32.6 Å². The van der Waals surface area contributed by atoms with Crippen LogP contribution in [0.4, 0.5) is 5.69 Å². The minimum Gasteiger partial charge on any atom is -0.465 e. The van der Waals surface area contributed by atoms with Crippen LogP contribution in [0.5, 0.6) is 0 Å². The highest BCUT2D eigenvalue weighted by Crippen LogP contribution is 2.16. The van der Waals surface area contributed by atoms with E-state index in [-0.39, 0.29) is 29.5 Å². The molecular weight excluding hydrogens is 438 g/mol. The number of amides is 1. The van der Waals surface area contributed by atoms with Crippen molar-refractivity contribution in [1.29, 1.82) is 0 Å². The predicted molar refractivity (Wildman–Crippen MR) is 122 cm³/mol. The molecule has 8 nitrogen and oxygen atoms in total. The standard InChI is InChI=1S/C21H25N3O5S2/c1-24(2)31(27,28)18-10-8-17(9-11-18)22-21(30)23-19(25)12-13-20(26)29-15-14-16-6-4-3-5-7-16/h3-11H,12-15H2,1-2H3,(H2,22,23,25,30). The van der Waals surface area contributed by atoms with Crippen LogP contribution in [0.3, 0.4) is 0 Å². The fraction of sp³-hybridized carbons (Fsp3) is 0.286. The quantitative estimate of drug-likeness (QED) is 0.434. The Hall–Kier alpha value is -2.82. The molecule has 1 amide bonds. The maximum atomic E-state index is 12.1. The van der Waals surface area contributed by atoms with Gasteiger partial charge in [0.05, 0.1) is 17.9 Å². The zero-order chi connectivity index (χ0) is 22.9. The van der Waals surface area contributed by atoms with Gasteiger partial charge in [-0.2, -0.15) is 0 Å². The molecule has 0 bridgehead atoms. The molecule has 166 valence electrons. The molecule has 0 saturated heterocycles. The number of rotatable bonds is 9. The van der Waals surface area contributed by atoms with Crippen molar-refractivity contribution in [3.05, 3.63) is 60.2 Å². The van der Waals surface area contributed by atoms with Crippen molar-refractivity contribution in [1.82, 2.24) is 9.62 Å². The van der Waals surface area contributed by atoms with Gasteiger partial charge in [0.1, 0.15) is 0 Å². The summed E-state index contributed by atoms with van der Waals surface area (Å²) < 4.78 is 30.4. The molecule has 0 aliphatic rings. The molecule has 0 aliphatic heterocycles. The summed E-state index contributed by atoms with van der Waals surface area (Å²) >= 11 is 5.08. The van der Waals surface area contributed by atoms with Crippen LogP contribution in [-0.2, 0) is 30.8 Å². The smallest absolute Gasteiger partial charge is 0.306 e. The Labute approximate surface area is 187 Å². The Morgan fingerprint density at radius 1 is 1.00 bits per heavy atom. The van der Waals surface area contributed by atoms with Gasteiger partial charge in [0.2, 0.25) is 15.9 Å². The number of esters is 1. The second kappa shape index (κ2) is 11.5. The molecule has 0 radical (unpaired) electrons. The van der Waals surface area contributed by atoms with Gasteiger partial charge < -0.3 is 15.4 Å². The van der Waals surface area contributed by atoms with E-state index in [0.717, 1.165) is 9.87 Å². The molecule has 0 aromatic heterocycles. The Balaban J connectivity index is 1.71. The van der Waals surface area contributed by atoms with Gasteiger partial charge in [-0.15, -0.1) is 0 Å². The summed E-state index contributed by atoms with van der Waals surface area (Å²) in [5.74, 6) is -0.882. The van der Waals surface area contributed by atoms with E-state index >= 15 is 0 Å². The van der Waals surface area contributed by atoms with E-state index in [1.165, 1.54) is 26.2 Å². The number of hydrogen-bond donors (Lipinski definition) is 2. The summed E-state index contributed by atoms with van der Waals surface area (Å²) in [5.41, 5.74) is 1.58. The average Bonchev–Trinajstić information content (AvgIpc) is 2.73. The van der Waals surface area contributed by atoms with Gasteiger partial charge in [-0.1, -0.05) is 30.3 Å². The van der Waals surface area contributed by atoms with E-state index in [4.69, 9.17) is 17.0 Å². The first-order valence-corrected chi connectivity index (χ1v) is 11.4. The third kappa shape index (κ3) is 8.08. The van der Waals surface area contributed by atoms with Crippen LogP contribution in [-0.4, -0.2) is 50.4 Å². The van der Waals surface area contributed by atoms with Crippen LogP contribution < -0.4 is 10.6 Å². The van der Waals surface area contributed by atoms with Crippen molar-refractivity contribution in [2.45, 2.75) is 24.2 Å². The van der Waals surface area contributed by atoms with Gasteiger partial charge in [0.15, 0.2) is 5.11 Å². The SMILES string of the molecule is CN(C)S(=O)(=O)c1ccc(NC(=S)NC(=O)CCC(=O)OCCc2ccccc2)cc1. The summed E-state index contributed by atoms with van der Waals surface area (Å²) in [4.78, 5) is 23.9. The minimum atomic E-state index is -3.52. The number of ether oxygens (including phenoxy) is 1. The van der Waals surface area contributed by atoms with Crippen molar-refractivity contribution < 1.29 is 22.7 Å². The normalized spacial score (nSPS) is 11.1. The van der Waals surface area contributed by atoms with Crippen molar-refractivity contribution in [2.75, 3.05) is 26.0 Å². The molecule has 10 heteroatoms. The lowest BCUT2D eigenvalue weighted by Gasteiger charge is -2.13. The second-order valence-electron chi connectivity index (χ2n) is 6.77. The summed E-state index contributed by atoms with van der Waals surface area (Å²) in [6.07, 6.45) is 0.494. The second-order valence-corrected chi connectivity index (χ2v) is 9.33. The summed E-state index contributed by atoms with van der Waals surface area (Å²) in [7, 11) is -0.621. The predicted octanol–water partition coefficient (Wildman–Crippen LogP) is 2.32. The maximum absolute atomic E-state index is 12.1. The van der Waals surface area contributed by atoms with Gasteiger partial charge in [0.25, 0.3) is 0 Å². The number of sulfonamides is 1. The van der Waals surface area contributed by atoms with Crippen molar-refractivity contribution in [2.24, 2.45) is 0 Å². The van der Waals surface area contributed by atoms with Crippen LogP contribution >= 0.6 is 12.2 Å². The number of nitrogens with zero attached hydrogens (tertiary/aromatic N) is 1. The lowest BCUT2D eigenvalue weighted by molar-refractivity contribution is -0.144. The van der Waals surface area contributed by atoms with Gasteiger partial charge in [-0.25, -0.2) is 12.7 Å². The topological polar surface area (TPSA) is 105 Å². The third-order valence-corrected chi connectivity index (χ3v) is 6.23. The van der Waals surface area contributed by atoms with Crippen LogP contribution in [0.15, 0.2) is 59.5 Å². The van der Waals surface area contributed by atoms with Crippen molar-refractivity contribution >= 4 is 44.9 Å². The molecule has 0 spiro atoms. The molecule has 0 heterocycles. The molecule has 0 aliphatic carbocycles. The number of hydrogen-bond acceptors (Lipinski definition) is 6. The minimum absolute atomic E-state index is 0.0469. The Bertz CT molecular complexity index is 1010. The van der Waals surface area contributed by atoms with E-state index in [2.05, 4.69) is 10.6 Å². The number of anilines is 1. The highest BCUT2D eigenvalue weighted by atomic mass is 32.2. The van der Waals surface area contributed by atoms with E-state index in [1.807, 2.05) is 30.3 Å². The Morgan fingerprint density at radius 2 is 1.65 bits per heavy atom. The molecule has 2 aromatic carbocycles. The molecule has 2 rings (SSSR count). The molecule has 2 aromatic rings. The highest BCUT2D eigenvalue weighted by molar-refractivity contribution is 7.89. The van der Waals surface area contributed by atoms with Crippen molar-refractivity contribution in [3.63, 3.8) is 0 Å². The Kier molecular flexibility index (Phi) is 9.10. The lowest BCUT2D eigenvalue weighted by atomic mass is 10.2.